The number of aryl methyl sites for hydroxylation is 2. The second-order valence-corrected chi connectivity index (χ2v) is 8.96. The fourth-order valence-electron chi connectivity index (χ4n) is 4.72. The summed E-state index contributed by atoms with van der Waals surface area (Å²) in [5, 5.41) is 0. The van der Waals surface area contributed by atoms with Crippen LogP contribution in [0.15, 0.2) is 71.3 Å². The highest BCUT2D eigenvalue weighted by molar-refractivity contribution is 5.84. The van der Waals surface area contributed by atoms with E-state index in [1.807, 2.05) is 30.0 Å². The highest BCUT2D eigenvalue weighted by Gasteiger charge is 2.28. The fraction of sp³-hybridized carbons (Fsp3) is 0.286. The number of hydrogen-bond donors (Lipinski definition) is 0. The van der Waals surface area contributed by atoms with Gasteiger partial charge in [0, 0.05) is 37.7 Å². The molecule has 2 aliphatic rings. The van der Waals surface area contributed by atoms with Crippen LogP contribution in [-0.2, 0) is 17.8 Å². The third kappa shape index (κ3) is 4.36. The van der Waals surface area contributed by atoms with Crippen molar-refractivity contribution in [3.63, 3.8) is 0 Å². The molecule has 1 aromatic heterocycles. The largest absolute Gasteiger partial charge is 0.444 e. The zero-order chi connectivity index (χ0) is 22.9. The van der Waals surface area contributed by atoms with E-state index in [9.17, 15) is 4.79 Å². The van der Waals surface area contributed by atoms with E-state index in [4.69, 9.17) is 4.42 Å². The van der Waals surface area contributed by atoms with Gasteiger partial charge in [0.1, 0.15) is 12.3 Å². The van der Waals surface area contributed by atoms with Gasteiger partial charge in [-0.3, -0.25) is 4.79 Å². The number of carbonyl (C=O) groups excluding carboxylic acids is 1. The van der Waals surface area contributed by atoms with Gasteiger partial charge < -0.3 is 14.2 Å². The summed E-state index contributed by atoms with van der Waals surface area (Å²) >= 11 is 0. The Bertz CT molecular complexity index is 1240. The summed E-state index contributed by atoms with van der Waals surface area (Å²) in [5.74, 6) is 1.81. The van der Waals surface area contributed by atoms with Crippen LogP contribution in [-0.4, -0.2) is 33.8 Å². The van der Waals surface area contributed by atoms with E-state index in [0.29, 0.717) is 19.0 Å². The summed E-state index contributed by atoms with van der Waals surface area (Å²) in [4.78, 5) is 21.8. The number of amides is 1. The smallest absolute Gasteiger partial charge is 0.242 e. The Kier molecular flexibility index (Phi) is 5.63. The Morgan fingerprint density at radius 3 is 2.67 bits per heavy atom. The van der Waals surface area contributed by atoms with Crippen molar-refractivity contribution in [1.82, 2.24) is 14.8 Å². The second kappa shape index (κ2) is 8.74. The molecule has 0 fully saturated rings. The van der Waals surface area contributed by atoms with Gasteiger partial charge in [-0.1, -0.05) is 73.2 Å². The molecule has 0 spiro atoms. The molecule has 0 radical (unpaired) electrons. The first kappa shape index (κ1) is 21.3. The molecule has 5 heteroatoms. The van der Waals surface area contributed by atoms with Crippen LogP contribution in [0.25, 0.3) is 11.3 Å². The van der Waals surface area contributed by atoms with Crippen molar-refractivity contribution in [3.8, 4) is 0 Å². The molecule has 0 aliphatic carbocycles. The molecule has 0 saturated heterocycles. The van der Waals surface area contributed by atoms with Gasteiger partial charge in [0.2, 0.25) is 5.91 Å². The van der Waals surface area contributed by atoms with Crippen LogP contribution >= 0.6 is 0 Å². The quantitative estimate of drug-likeness (QED) is 0.560. The molecule has 2 aromatic carbocycles. The van der Waals surface area contributed by atoms with Crippen LogP contribution in [0.3, 0.4) is 0 Å². The van der Waals surface area contributed by atoms with Crippen molar-refractivity contribution in [1.29, 1.82) is 0 Å². The molecular weight excluding hydrogens is 410 g/mol. The van der Waals surface area contributed by atoms with Gasteiger partial charge in [-0.25, -0.2) is 4.98 Å². The molecule has 0 bridgehead atoms. The van der Waals surface area contributed by atoms with Crippen molar-refractivity contribution in [2.24, 2.45) is 5.92 Å². The number of hydrogen-bond acceptors (Lipinski definition) is 4. The Hall–Kier alpha value is -3.60. The van der Waals surface area contributed by atoms with Crippen molar-refractivity contribution in [3.05, 3.63) is 101 Å². The average molecular weight is 440 g/mol. The molecule has 2 aliphatic heterocycles. The van der Waals surface area contributed by atoms with Crippen molar-refractivity contribution >= 4 is 17.2 Å². The normalized spacial score (nSPS) is 18.0. The number of aromatic nitrogens is 1. The first-order valence-electron chi connectivity index (χ1n) is 11.5. The first-order valence-corrected chi connectivity index (χ1v) is 11.5. The van der Waals surface area contributed by atoms with E-state index in [2.05, 4.69) is 72.4 Å². The maximum Gasteiger partial charge on any atom is 0.242 e. The third-order valence-corrected chi connectivity index (χ3v) is 6.42. The first-order chi connectivity index (χ1) is 16.0. The fourth-order valence-corrected chi connectivity index (χ4v) is 4.72. The SMILES string of the molecule is Cc1cccc(C2=CN(CC(=O)N3CCc4nc(C)oc4C3)C(c3ccccc3)=CC2C)c1. The van der Waals surface area contributed by atoms with E-state index in [-0.39, 0.29) is 18.4 Å². The maximum atomic E-state index is 13.4. The van der Waals surface area contributed by atoms with Crippen LogP contribution in [0, 0.1) is 19.8 Å². The molecule has 5 nitrogen and oxygen atoms in total. The van der Waals surface area contributed by atoms with E-state index >= 15 is 0 Å². The Morgan fingerprint density at radius 1 is 1.09 bits per heavy atom. The van der Waals surface area contributed by atoms with Gasteiger partial charge in [-0.15, -0.1) is 0 Å². The number of benzene rings is 2. The predicted molar refractivity (Wildman–Crippen MR) is 130 cm³/mol. The lowest BCUT2D eigenvalue weighted by Crippen LogP contribution is -2.41. The van der Waals surface area contributed by atoms with Gasteiger partial charge >= 0.3 is 0 Å². The maximum absolute atomic E-state index is 13.4. The summed E-state index contributed by atoms with van der Waals surface area (Å²) in [6.45, 7) is 7.62. The minimum Gasteiger partial charge on any atom is -0.444 e. The minimum atomic E-state index is 0.0888. The van der Waals surface area contributed by atoms with Crippen LogP contribution in [0.5, 0.6) is 0 Å². The molecule has 0 N–H and O–H groups in total. The Balaban J connectivity index is 1.44. The summed E-state index contributed by atoms with van der Waals surface area (Å²) in [5.41, 5.74) is 6.81. The minimum absolute atomic E-state index is 0.0888. The number of rotatable bonds is 4. The van der Waals surface area contributed by atoms with Crippen LogP contribution < -0.4 is 0 Å². The van der Waals surface area contributed by atoms with E-state index in [1.165, 1.54) is 16.7 Å². The third-order valence-electron chi connectivity index (χ3n) is 6.42. The lowest BCUT2D eigenvalue weighted by molar-refractivity contribution is -0.132. The van der Waals surface area contributed by atoms with Crippen LogP contribution in [0.2, 0.25) is 0 Å². The molecular formula is C28H29N3O2. The van der Waals surface area contributed by atoms with Crippen molar-refractivity contribution in [2.75, 3.05) is 13.1 Å². The summed E-state index contributed by atoms with van der Waals surface area (Å²) in [6.07, 6.45) is 5.17. The van der Waals surface area contributed by atoms with Gasteiger partial charge in [0.25, 0.3) is 0 Å². The molecule has 168 valence electrons. The molecule has 3 heterocycles. The van der Waals surface area contributed by atoms with Gasteiger partial charge in [-0.2, -0.15) is 0 Å². The Labute approximate surface area is 195 Å². The summed E-state index contributed by atoms with van der Waals surface area (Å²) in [7, 11) is 0. The number of allylic oxidation sites excluding steroid dienone is 2. The van der Waals surface area contributed by atoms with Gasteiger partial charge in [-0.05, 0) is 23.6 Å². The number of oxazole rings is 1. The zero-order valence-electron chi connectivity index (χ0n) is 19.4. The summed E-state index contributed by atoms with van der Waals surface area (Å²) < 4.78 is 5.73. The summed E-state index contributed by atoms with van der Waals surface area (Å²) in [6, 6.07) is 18.9. The van der Waals surface area contributed by atoms with Crippen molar-refractivity contribution in [2.45, 2.75) is 33.7 Å². The molecule has 1 unspecified atom stereocenters. The monoisotopic (exact) mass is 439 g/mol. The van der Waals surface area contributed by atoms with E-state index in [0.717, 1.165) is 29.1 Å². The standard InChI is InChI=1S/C28H29N3O2/c1-19-8-7-11-23(14-19)24-16-31(26(15-20(24)2)22-9-5-4-6-10-22)18-28(32)30-13-12-25-27(17-30)33-21(3)29-25/h4-11,14-16,20H,12-13,17-18H2,1-3H3. The van der Waals surface area contributed by atoms with Crippen molar-refractivity contribution < 1.29 is 9.21 Å². The molecule has 1 atom stereocenters. The highest BCUT2D eigenvalue weighted by Crippen LogP contribution is 2.35. The number of nitrogens with zero attached hydrogens (tertiary/aromatic N) is 3. The topological polar surface area (TPSA) is 49.6 Å². The average Bonchev–Trinajstić information content (AvgIpc) is 3.19. The van der Waals surface area contributed by atoms with Crippen LogP contribution in [0.1, 0.15) is 41.0 Å². The number of carbonyl (C=O) groups is 1. The lowest BCUT2D eigenvalue weighted by atomic mass is 9.89. The molecule has 33 heavy (non-hydrogen) atoms. The number of fused-ring (bicyclic) bond motifs is 1. The lowest BCUT2D eigenvalue weighted by Gasteiger charge is -2.34. The van der Waals surface area contributed by atoms with E-state index < -0.39 is 0 Å². The molecule has 0 saturated carbocycles. The second-order valence-electron chi connectivity index (χ2n) is 8.96. The predicted octanol–water partition coefficient (Wildman–Crippen LogP) is 5.21. The van der Waals surface area contributed by atoms with Gasteiger partial charge in [0.05, 0.1) is 12.2 Å². The van der Waals surface area contributed by atoms with Gasteiger partial charge in [0.15, 0.2) is 5.89 Å². The molecule has 5 rings (SSSR count). The van der Waals surface area contributed by atoms with Crippen LogP contribution in [0.4, 0.5) is 0 Å². The molecule has 1 amide bonds. The Morgan fingerprint density at radius 2 is 1.88 bits per heavy atom. The van der Waals surface area contributed by atoms with E-state index in [1.54, 1.807) is 0 Å². The highest BCUT2D eigenvalue weighted by atomic mass is 16.4. The zero-order valence-corrected chi connectivity index (χ0v) is 19.4. The molecule has 3 aromatic rings.